The first-order chi connectivity index (χ1) is 6.54. The van der Waals surface area contributed by atoms with Crippen molar-refractivity contribution in [1.29, 1.82) is 0 Å². The second kappa shape index (κ2) is 4.06. The Labute approximate surface area is 79.1 Å². The minimum absolute atomic E-state index is 0.0185. The molecule has 0 aliphatic heterocycles. The Bertz CT molecular complexity index is 353. The monoisotopic (exact) mass is 201 g/mol. The maximum absolute atomic E-state index is 12.3. The number of aromatic hydroxyl groups is 2. The van der Waals surface area contributed by atoms with Gasteiger partial charge in [-0.2, -0.15) is 8.78 Å². The maximum Gasteiger partial charge on any atom is 0.275 e. The lowest BCUT2D eigenvalue weighted by atomic mass is 10.1. The van der Waals surface area contributed by atoms with Gasteiger partial charge in [0.25, 0.3) is 6.08 Å². The molecule has 4 N–H and O–H groups in total. The van der Waals surface area contributed by atoms with E-state index < -0.39 is 11.7 Å². The van der Waals surface area contributed by atoms with Gasteiger partial charge in [-0.25, -0.2) is 0 Å². The molecule has 0 radical (unpaired) electrons. The molecule has 0 atom stereocenters. The summed E-state index contributed by atoms with van der Waals surface area (Å²) in [6, 6.07) is 3.27. The van der Waals surface area contributed by atoms with E-state index in [1.165, 1.54) is 0 Å². The Morgan fingerprint density at radius 3 is 2.00 bits per heavy atom. The number of phenols is 2. The highest BCUT2D eigenvalue weighted by atomic mass is 19.3. The molecule has 0 heterocycles. The second-order valence-electron chi connectivity index (χ2n) is 2.68. The van der Waals surface area contributed by atoms with Crippen molar-refractivity contribution < 1.29 is 19.0 Å². The highest BCUT2D eigenvalue weighted by Gasteiger charge is 2.09. The minimum Gasteiger partial charge on any atom is -0.508 e. The summed E-state index contributed by atoms with van der Waals surface area (Å²) in [7, 11) is 0. The highest BCUT2D eigenvalue weighted by Crippen LogP contribution is 2.27. The number of nitrogens with two attached hydrogens (primary N) is 1. The Hall–Kier alpha value is -1.62. The number of hydrogen-bond donors (Lipinski definition) is 3. The van der Waals surface area contributed by atoms with Gasteiger partial charge in [0.1, 0.15) is 11.5 Å². The molecule has 0 aromatic heterocycles. The molecule has 0 saturated carbocycles. The summed E-state index contributed by atoms with van der Waals surface area (Å²) in [5.74, 6) is -0.570. The number of hydrogen-bond acceptors (Lipinski definition) is 3. The first kappa shape index (κ1) is 10.5. The first-order valence-electron chi connectivity index (χ1n) is 3.82. The predicted octanol–water partition coefficient (Wildman–Crippen LogP) is 1.66. The van der Waals surface area contributed by atoms with Crippen LogP contribution in [0.5, 0.6) is 11.5 Å². The molecule has 1 rings (SSSR count). The van der Waals surface area contributed by atoms with Crippen molar-refractivity contribution in [3.05, 3.63) is 29.8 Å². The average molecular weight is 201 g/mol. The van der Waals surface area contributed by atoms with E-state index in [0.717, 1.165) is 18.2 Å². The van der Waals surface area contributed by atoms with Crippen molar-refractivity contribution in [3.63, 3.8) is 0 Å². The van der Waals surface area contributed by atoms with Crippen LogP contribution in [-0.4, -0.2) is 16.8 Å². The van der Waals surface area contributed by atoms with Crippen molar-refractivity contribution in [2.24, 2.45) is 5.73 Å². The molecule has 0 aliphatic carbocycles. The zero-order valence-electron chi connectivity index (χ0n) is 7.17. The molecule has 1 aromatic rings. The molecule has 0 spiro atoms. The molecule has 0 aliphatic rings. The number of phenolic OH excluding ortho intramolecular Hbond substituents is 2. The van der Waals surface area contributed by atoms with Crippen LogP contribution >= 0.6 is 0 Å². The van der Waals surface area contributed by atoms with Crippen LogP contribution in [0.15, 0.2) is 24.3 Å². The van der Waals surface area contributed by atoms with E-state index in [4.69, 9.17) is 15.9 Å². The van der Waals surface area contributed by atoms with E-state index in [1.807, 2.05) is 0 Å². The number of benzene rings is 1. The Morgan fingerprint density at radius 2 is 1.64 bits per heavy atom. The van der Waals surface area contributed by atoms with Gasteiger partial charge in [-0.05, 0) is 17.7 Å². The van der Waals surface area contributed by atoms with E-state index in [9.17, 15) is 8.78 Å². The van der Waals surface area contributed by atoms with Gasteiger partial charge >= 0.3 is 0 Å². The normalized spacial score (nSPS) is 9.93. The summed E-state index contributed by atoms with van der Waals surface area (Å²) >= 11 is 0. The Kier molecular flexibility index (Phi) is 3.03. The molecule has 0 fully saturated rings. The Balaban J connectivity index is 3.25. The molecule has 5 heteroatoms. The van der Waals surface area contributed by atoms with Gasteiger partial charge in [0.2, 0.25) is 0 Å². The van der Waals surface area contributed by atoms with Crippen LogP contribution in [0.2, 0.25) is 0 Å². The first-order valence-corrected chi connectivity index (χ1v) is 3.82. The maximum atomic E-state index is 12.3. The van der Waals surface area contributed by atoms with Crippen LogP contribution in [0.25, 0.3) is 5.57 Å². The zero-order valence-corrected chi connectivity index (χ0v) is 7.17. The quantitative estimate of drug-likeness (QED) is 0.681. The summed E-state index contributed by atoms with van der Waals surface area (Å²) in [6.07, 6.45) is -1.92. The van der Waals surface area contributed by atoms with Gasteiger partial charge in [-0.3, -0.25) is 0 Å². The van der Waals surface area contributed by atoms with Gasteiger partial charge in [0.05, 0.1) is 0 Å². The Morgan fingerprint density at radius 1 is 1.14 bits per heavy atom. The number of halogens is 2. The fraction of sp³-hybridized carbons (Fsp3) is 0.111. The van der Waals surface area contributed by atoms with Crippen LogP contribution in [0.3, 0.4) is 0 Å². The van der Waals surface area contributed by atoms with Crippen molar-refractivity contribution >= 4 is 5.57 Å². The molecule has 76 valence electrons. The third kappa shape index (κ3) is 2.20. The molecule has 3 nitrogen and oxygen atoms in total. The van der Waals surface area contributed by atoms with Gasteiger partial charge in [-0.1, -0.05) is 0 Å². The van der Waals surface area contributed by atoms with Gasteiger partial charge in [0.15, 0.2) is 0 Å². The third-order valence-corrected chi connectivity index (χ3v) is 1.68. The smallest absolute Gasteiger partial charge is 0.275 e. The van der Waals surface area contributed by atoms with Gasteiger partial charge in [0, 0.05) is 18.2 Å². The summed E-state index contributed by atoms with van der Waals surface area (Å²) in [5, 5.41) is 18.1. The van der Waals surface area contributed by atoms with Crippen LogP contribution in [0.1, 0.15) is 5.56 Å². The lowest BCUT2D eigenvalue weighted by Gasteiger charge is -2.04. The van der Waals surface area contributed by atoms with Crippen molar-refractivity contribution in [2.45, 2.75) is 0 Å². The van der Waals surface area contributed by atoms with E-state index in [0.29, 0.717) is 0 Å². The topological polar surface area (TPSA) is 66.5 Å². The second-order valence-corrected chi connectivity index (χ2v) is 2.68. The third-order valence-electron chi connectivity index (χ3n) is 1.68. The average Bonchev–Trinajstić information content (AvgIpc) is 2.02. The molecule has 1 aromatic carbocycles. The zero-order chi connectivity index (χ0) is 10.7. The standard InChI is InChI=1S/C9H9F2NO2/c10-9(11)8(4-12)5-1-6(13)3-7(14)2-5/h1-3,13-14H,4,12H2. The van der Waals surface area contributed by atoms with E-state index in [1.54, 1.807) is 0 Å². The van der Waals surface area contributed by atoms with Crippen LogP contribution in [-0.2, 0) is 0 Å². The SMILES string of the molecule is NCC(=C(F)F)c1cc(O)cc(O)c1. The molecule has 0 bridgehead atoms. The van der Waals surface area contributed by atoms with Crippen LogP contribution in [0, 0.1) is 0 Å². The minimum atomic E-state index is -1.92. The van der Waals surface area contributed by atoms with Gasteiger partial charge in [-0.15, -0.1) is 0 Å². The number of rotatable bonds is 2. The van der Waals surface area contributed by atoms with E-state index in [2.05, 4.69) is 0 Å². The van der Waals surface area contributed by atoms with Crippen LogP contribution < -0.4 is 5.73 Å². The lowest BCUT2D eigenvalue weighted by molar-refractivity contribution is 0.424. The van der Waals surface area contributed by atoms with Gasteiger partial charge < -0.3 is 15.9 Å². The van der Waals surface area contributed by atoms with Crippen molar-refractivity contribution in [3.8, 4) is 11.5 Å². The van der Waals surface area contributed by atoms with Crippen molar-refractivity contribution in [2.75, 3.05) is 6.54 Å². The summed E-state index contributed by atoms with van der Waals surface area (Å²) < 4.78 is 24.6. The molecular weight excluding hydrogens is 192 g/mol. The fourth-order valence-corrected chi connectivity index (χ4v) is 1.07. The fourth-order valence-electron chi connectivity index (χ4n) is 1.07. The molecule has 14 heavy (non-hydrogen) atoms. The van der Waals surface area contributed by atoms with Crippen molar-refractivity contribution in [1.82, 2.24) is 0 Å². The largest absolute Gasteiger partial charge is 0.508 e. The molecule has 0 unspecified atom stereocenters. The molecular formula is C9H9F2NO2. The van der Waals surface area contributed by atoms with E-state index in [-0.39, 0.29) is 23.6 Å². The summed E-state index contributed by atoms with van der Waals surface area (Å²) in [4.78, 5) is 0. The lowest BCUT2D eigenvalue weighted by Crippen LogP contribution is -2.03. The molecule has 0 amide bonds. The molecule has 0 saturated heterocycles. The predicted molar refractivity (Wildman–Crippen MR) is 48.0 cm³/mol. The highest BCUT2D eigenvalue weighted by molar-refractivity contribution is 5.69. The van der Waals surface area contributed by atoms with Crippen LogP contribution in [0.4, 0.5) is 8.78 Å². The summed E-state index contributed by atoms with van der Waals surface area (Å²) in [6.45, 7) is -0.356. The summed E-state index contributed by atoms with van der Waals surface area (Å²) in [5.41, 5.74) is 4.73. The van der Waals surface area contributed by atoms with E-state index >= 15 is 0 Å².